The first-order valence-electron chi connectivity index (χ1n) is 4.20. The molecule has 0 aliphatic carbocycles. The summed E-state index contributed by atoms with van der Waals surface area (Å²) >= 11 is 0. The molecule has 0 bridgehead atoms. The molecule has 0 amide bonds. The van der Waals surface area contributed by atoms with Gasteiger partial charge in [0.15, 0.2) is 0 Å². The van der Waals surface area contributed by atoms with Gasteiger partial charge in [-0.3, -0.25) is 0 Å². The average Bonchev–Trinajstić information content (AvgIpc) is 2.61. The lowest BCUT2D eigenvalue weighted by atomic mass is 10.2. The molecule has 2 aromatic heterocycles. The van der Waals surface area contributed by atoms with Crippen molar-refractivity contribution in [3.63, 3.8) is 0 Å². The Labute approximate surface area is 76.3 Å². The van der Waals surface area contributed by atoms with E-state index in [-0.39, 0.29) is 0 Å². The van der Waals surface area contributed by atoms with Crippen LogP contribution < -0.4 is 5.73 Å². The predicted molar refractivity (Wildman–Crippen MR) is 54.2 cm³/mol. The molecule has 3 nitrogen and oxygen atoms in total. The van der Waals surface area contributed by atoms with Gasteiger partial charge in [0.25, 0.3) is 0 Å². The van der Waals surface area contributed by atoms with E-state index in [1.807, 2.05) is 30.6 Å². The molecule has 0 aliphatic heterocycles. The van der Waals surface area contributed by atoms with E-state index in [4.69, 9.17) is 5.73 Å². The lowest BCUT2D eigenvalue weighted by Gasteiger charge is -1.92. The highest BCUT2D eigenvalue weighted by molar-refractivity contribution is 5.77. The van der Waals surface area contributed by atoms with Gasteiger partial charge in [-0.25, -0.2) is 4.98 Å². The molecular weight excluding hydrogens is 162 g/mol. The lowest BCUT2D eigenvalue weighted by molar-refractivity contribution is 1.26. The lowest BCUT2D eigenvalue weighted by Crippen LogP contribution is -1.92. The molecular formula is C10H11N3. The van der Waals surface area contributed by atoms with Crippen LogP contribution >= 0.6 is 0 Å². The Kier molecular flexibility index (Phi) is 2.10. The second kappa shape index (κ2) is 3.41. The number of hydrogen-bond acceptors (Lipinski definition) is 2. The first kappa shape index (κ1) is 8.01. The maximum Gasteiger partial charge on any atom is 0.137 e. The molecule has 0 aromatic carbocycles. The SMILES string of the molecule is NCC=Cc1cnc2[nH]ccc2c1. The van der Waals surface area contributed by atoms with Gasteiger partial charge in [-0.15, -0.1) is 0 Å². The van der Waals surface area contributed by atoms with Crippen molar-refractivity contribution in [2.45, 2.75) is 0 Å². The van der Waals surface area contributed by atoms with Gasteiger partial charge >= 0.3 is 0 Å². The summed E-state index contributed by atoms with van der Waals surface area (Å²) in [5.74, 6) is 0. The molecule has 3 N–H and O–H groups in total. The average molecular weight is 173 g/mol. The van der Waals surface area contributed by atoms with Crippen LogP contribution in [0.1, 0.15) is 5.56 Å². The Balaban J connectivity index is 2.42. The van der Waals surface area contributed by atoms with Crippen molar-refractivity contribution >= 4 is 17.1 Å². The molecule has 2 heterocycles. The summed E-state index contributed by atoms with van der Waals surface area (Å²) < 4.78 is 0. The quantitative estimate of drug-likeness (QED) is 0.723. The Morgan fingerprint density at radius 1 is 1.54 bits per heavy atom. The number of pyridine rings is 1. The van der Waals surface area contributed by atoms with E-state index in [9.17, 15) is 0 Å². The number of H-pyrrole nitrogens is 1. The summed E-state index contributed by atoms with van der Waals surface area (Å²) in [6, 6.07) is 4.08. The van der Waals surface area contributed by atoms with Gasteiger partial charge in [0.2, 0.25) is 0 Å². The molecule has 0 fully saturated rings. The Morgan fingerprint density at radius 2 is 2.46 bits per heavy atom. The fraction of sp³-hybridized carbons (Fsp3) is 0.100. The molecule has 0 atom stereocenters. The Hall–Kier alpha value is -1.61. The number of aromatic amines is 1. The van der Waals surface area contributed by atoms with Crippen LogP contribution in [0.5, 0.6) is 0 Å². The number of rotatable bonds is 2. The van der Waals surface area contributed by atoms with Crippen LogP contribution in [0.2, 0.25) is 0 Å². The second-order valence-corrected chi connectivity index (χ2v) is 2.82. The Morgan fingerprint density at radius 3 is 3.31 bits per heavy atom. The summed E-state index contributed by atoms with van der Waals surface area (Å²) in [5, 5.41) is 1.12. The van der Waals surface area contributed by atoms with Gasteiger partial charge < -0.3 is 10.7 Å². The molecule has 0 aliphatic rings. The van der Waals surface area contributed by atoms with Gasteiger partial charge in [-0.1, -0.05) is 12.2 Å². The summed E-state index contributed by atoms with van der Waals surface area (Å²) in [5.41, 5.74) is 7.36. The van der Waals surface area contributed by atoms with Gasteiger partial charge in [-0.05, 0) is 17.7 Å². The van der Waals surface area contributed by atoms with Crippen molar-refractivity contribution in [3.8, 4) is 0 Å². The van der Waals surface area contributed by atoms with Gasteiger partial charge in [-0.2, -0.15) is 0 Å². The molecule has 13 heavy (non-hydrogen) atoms. The predicted octanol–water partition coefficient (Wildman–Crippen LogP) is 1.53. The van der Waals surface area contributed by atoms with Crippen LogP contribution in [0.15, 0.2) is 30.6 Å². The number of hydrogen-bond donors (Lipinski definition) is 2. The molecule has 2 rings (SSSR count). The van der Waals surface area contributed by atoms with Gasteiger partial charge in [0, 0.05) is 24.3 Å². The van der Waals surface area contributed by atoms with Crippen LogP contribution in [0.4, 0.5) is 0 Å². The maximum absolute atomic E-state index is 5.36. The minimum atomic E-state index is 0.561. The first-order chi connectivity index (χ1) is 6.40. The summed E-state index contributed by atoms with van der Waals surface area (Å²) in [4.78, 5) is 7.29. The van der Waals surface area contributed by atoms with E-state index >= 15 is 0 Å². The smallest absolute Gasteiger partial charge is 0.137 e. The zero-order valence-corrected chi connectivity index (χ0v) is 7.20. The van der Waals surface area contributed by atoms with Crippen LogP contribution in [0.3, 0.4) is 0 Å². The van der Waals surface area contributed by atoms with Crippen molar-refractivity contribution < 1.29 is 0 Å². The van der Waals surface area contributed by atoms with Gasteiger partial charge in [0.1, 0.15) is 5.65 Å². The molecule has 0 radical (unpaired) electrons. The van der Waals surface area contributed by atoms with E-state index in [0.29, 0.717) is 6.54 Å². The van der Waals surface area contributed by atoms with Crippen molar-refractivity contribution in [1.82, 2.24) is 9.97 Å². The largest absolute Gasteiger partial charge is 0.346 e. The third kappa shape index (κ3) is 1.60. The highest BCUT2D eigenvalue weighted by Crippen LogP contribution is 2.11. The highest BCUT2D eigenvalue weighted by Gasteiger charge is 1.94. The number of nitrogens with one attached hydrogen (secondary N) is 1. The molecule has 2 aromatic rings. The van der Waals surface area contributed by atoms with Crippen molar-refractivity contribution in [3.05, 3.63) is 36.2 Å². The van der Waals surface area contributed by atoms with E-state index in [1.54, 1.807) is 0 Å². The fourth-order valence-electron chi connectivity index (χ4n) is 1.25. The van der Waals surface area contributed by atoms with Crippen molar-refractivity contribution in [2.75, 3.05) is 6.54 Å². The topological polar surface area (TPSA) is 54.7 Å². The molecule has 0 saturated carbocycles. The van der Waals surface area contributed by atoms with Crippen molar-refractivity contribution in [1.29, 1.82) is 0 Å². The molecule has 66 valence electrons. The summed E-state index contributed by atoms with van der Waals surface area (Å²) in [6.45, 7) is 0.561. The monoisotopic (exact) mass is 173 g/mol. The highest BCUT2D eigenvalue weighted by atomic mass is 14.8. The second-order valence-electron chi connectivity index (χ2n) is 2.82. The third-order valence-corrected chi connectivity index (χ3v) is 1.87. The maximum atomic E-state index is 5.36. The fourth-order valence-corrected chi connectivity index (χ4v) is 1.25. The number of nitrogens with two attached hydrogens (primary N) is 1. The number of aromatic nitrogens is 2. The van der Waals surface area contributed by atoms with E-state index in [2.05, 4.69) is 16.0 Å². The van der Waals surface area contributed by atoms with E-state index < -0.39 is 0 Å². The number of nitrogens with zero attached hydrogens (tertiary/aromatic N) is 1. The standard InChI is InChI=1S/C10H11N3/c11-4-1-2-8-6-9-3-5-12-10(9)13-7-8/h1-3,5-7H,4,11H2,(H,12,13). The zero-order chi connectivity index (χ0) is 9.10. The van der Waals surface area contributed by atoms with Crippen LogP contribution in [0, 0.1) is 0 Å². The normalized spacial score (nSPS) is 11.5. The van der Waals surface area contributed by atoms with Gasteiger partial charge in [0.05, 0.1) is 0 Å². The van der Waals surface area contributed by atoms with Crippen LogP contribution in [0.25, 0.3) is 17.1 Å². The molecule has 3 heteroatoms. The zero-order valence-electron chi connectivity index (χ0n) is 7.20. The summed E-state index contributed by atoms with van der Waals surface area (Å²) in [6.07, 6.45) is 7.59. The van der Waals surface area contributed by atoms with E-state index in [1.165, 1.54) is 0 Å². The minimum Gasteiger partial charge on any atom is -0.346 e. The minimum absolute atomic E-state index is 0.561. The third-order valence-electron chi connectivity index (χ3n) is 1.87. The molecule has 0 saturated heterocycles. The summed E-state index contributed by atoms with van der Waals surface area (Å²) in [7, 11) is 0. The van der Waals surface area contributed by atoms with Crippen LogP contribution in [-0.4, -0.2) is 16.5 Å². The first-order valence-corrected chi connectivity index (χ1v) is 4.20. The molecule has 0 spiro atoms. The Bertz CT molecular complexity index is 428. The number of fused-ring (bicyclic) bond motifs is 1. The molecule has 0 unspecified atom stereocenters. The van der Waals surface area contributed by atoms with E-state index in [0.717, 1.165) is 16.6 Å². The van der Waals surface area contributed by atoms with Crippen molar-refractivity contribution in [2.24, 2.45) is 5.73 Å². The van der Waals surface area contributed by atoms with Crippen LogP contribution in [-0.2, 0) is 0 Å².